The minimum atomic E-state index is -0.975. The Bertz CT molecular complexity index is 870. The van der Waals surface area contributed by atoms with Crippen LogP contribution in [0.25, 0.3) is 0 Å². The van der Waals surface area contributed by atoms with E-state index < -0.39 is 23.2 Å². The van der Waals surface area contributed by atoms with Gasteiger partial charge in [-0.1, -0.05) is 23.7 Å². The Labute approximate surface area is 141 Å². The Morgan fingerprint density at radius 2 is 1.92 bits per heavy atom. The highest BCUT2D eigenvalue weighted by Crippen LogP contribution is 2.10. The van der Waals surface area contributed by atoms with Crippen LogP contribution < -0.4 is 16.6 Å². The Kier molecular flexibility index (Phi) is 5.54. The van der Waals surface area contributed by atoms with Crippen LogP contribution in [0.1, 0.15) is 22.8 Å². The summed E-state index contributed by atoms with van der Waals surface area (Å²) in [6.07, 6.45) is 0.113. The van der Waals surface area contributed by atoms with Gasteiger partial charge < -0.3 is 4.74 Å². The molecule has 0 aliphatic rings. The van der Waals surface area contributed by atoms with Crippen molar-refractivity contribution < 1.29 is 14.3 Å². The van der Waals surface area contributed by atoms with Gasteiger partial charge in [-0.15, -0.1) is 0 Å². The summed E-state index contributed by atoms with van der Waals surface area (Å²) in [5, 5.41) is 2.45. The van der Waals surface area contributed by atoms with Crippen LogP contribution in [0.4, 0.5) is 4.79 Å². The zero-order chi connectivity index (χ0) is 17.7. The van der Waals surface area contributed by atoms with Crippen LogP contribution in [0.2, 0.25) is 5.02 Å². The van der Waals surface area contributed by atoms with Crippen LogP contribution in [0.5, 0.6) is 0 Å². The third-order valence-corrected chi connectivity index (χ3v) is 3.26. The predicted molar refractivity (Wildman–Crippen MR) is 86.4 cm³/mol. The molecule has 24 heavy (non-hydrogen) atoms. The Balaban J connectivity index is 2.29. The molecular formula is C15H14ClN3O5. The van der Waals surface area contributed by atoms with Gasteiger partial charge in [0.1, 0.15) is 5.56 Å². The molecule has 0 aliphatic heterocycles. The van der Waals surface area contributed by atoms with E-state index in [1.807, 2.05) is 10.3 Å². The van der Waals surface area contributed by atoms with Crippen molar-refractivity contribution in [2.45, 2.75) is 13.5 Å². The van der Waals surface area contributed by atoms with Gasteiger partial charge in [0.05, 0.1) is 13.2 Å². The maximum Gasteiger partial charge on any atom is 0.414 e. The molecule has 0 unspecified atom stereocenters. The molecule has 0 spiro atoms. The topological polar surface area (TPSA) is 110 Å². The number of hydrogen-bond donors (Lipinski definition) is 2. The maximum atomic E-state index is 11.9. The third kappa shape index (κ3) is 4.32. The summed E-state index contributed by atoms with van der Waals surface area (Å²) in [7, 11) is 0. The van der Waals surface area contributed by atoms with E-state index in [4.69, 9.17) is 11.6 Å². The van der Waals surface area contributed by atoms with Crippen molar-refractivity contribution in [3.8, 4) is 0 Å². The summed E-state index contributed by atoms with van der Waals surface area (Å²) in [6, 6.07) is 6.72. The van der Waals surface area contributed by atoms with Gasteiger partial charge in [0.15, 0.2) is 0 Å². The first-order valence-corrected chi connectivity index (χ1v) is 7.34. The standard InChI is InChI=1S/C15H14ClN3O5/c1-2-24-15(23)18-13(21)11-8-19(14(22)17-12(11)20)7-9-3-5-10(16)6-4-9/h3-6,8H,2,7H2,1H3,(H,17,20,22)(H,18,21,23). The average molecular weight is 352 g/mol. The molecule has 0 saturated carbocycles. The molecule has 1 aromatic heterocycles. The van der Waals surface area contributed by atoms with E-state index >= 15 is 0 Å². The Morgan fingerprint density at radius 1 is 1.25 bits per heavy atom. The number of hydrogen-bond acceptors (Lipinski definition) is 5. The summed E-state index contributed by atoms with van der Waals surface area (Å²) < 4.78 is 5.71. The van der Waals surface area contributed by atoms with Crippen LogP contribution in [0, 0.1) is 0 Å². The summed E-state index contributed by atoms with van der Waals surface area (Å²) in [4.78, 5) is 48.9. The van der Waals surface area contributed by atoms with E-state index in [1.54, 1.807) is 31.2 Å². The lowest BCUT2D eigenvalue weighted by molar-refractivity contribution is 0.0922. The molecule has 0 bridgehead atoms. The fraction of sp³-hybridized carbons (Fsp3) is 0.200. The second kappa shape index (κ2) is 7.60. The number of imide groups is 1. The number of rotatable bonds is 4. The van der Waals surface area contributed by atoms with Gasteiger partial charge in [-0.3, -0.25) is 24.5 Å². The highest BCUT2D eigenvalue weighted by molar-refractivity contribution is 6.30. The number of benzene rings is 1. The van der Waals surface area contributed by atoms with E-state index in [9.17, 15) is 19.2 Å². The first-order valence-electron chi connectivity index (χ1n) is 6.97. The number of aromatic nitrogens is 2. The van der Waals surface area contributed by atoms with E-state index in [2.05, 4.69) is 4.74 Å². The van der Waals surface area contributed by atoms with Crippen LogP contribution in [-0.2, 0) is 11.3 Å². The van der Waals surface area contributed by atoms with Crippen LogP contribution >= 0.6 is 11.6 Å². The second-order valence-electron chi connectivity index (χ2n) is 4.73. The first-order chi connectivity index (χ1) is 11.4. The average Bonchev–Trinajstić information content (AvgIpc) is 2.52. The molecule has 0 aliphatic carbocycles. The molecule has 8 nitrogen and oxygen atoms in total. The normalized spacial score (nSPS) is 10.2. The molecule has 126 valence electrons. The summed E-state index contributed by atoms with van der Waals surface area (Å²) in [5.41, 5.74) is -1.21. The molecular weight excluding hydrogens is 338 g/mol. The van der Waals surface area contributed by atoms with Crippen LogP contribution in [0.3, 0.4) is 0 Å². The minimum absolute atomic E-state index is 0.0749. The van der Waals surface area contributed by atoms with E-state index in [0.29, 0.717) is 5.02 Å². The highest BCUT2D eigenvalue weighted by Gasteiger charge is 2.16. The number of nitrogens with zero attached hydrogens (tertiary/aromatic N) is 1. The van der Waals surface area contributed by atoms with E-state index in [0.717, 1.165) is 16.3 Å². The summed E-state index contributed by atoms with van der Waals surface area (Å²) >= 11 is 5.79. The van der Waals surface area contributed by atoms with Gasteiger partial charge in [0.2, 0.25) is 0 Å². The van der Waals surface area contributed by atoms with Crippen molar-refractivity contribution in [3.63, 3.8) is 0 Å². The van der Waals surface area contributed by atoms with Crippen molar-refractivity contribution >= 4 is 23.6 Å². The van der Waals surface area contributed by atoms with Crippen molar-refractivity contribution in [1.29, 1.82) is 0 Å². The van der Waals surface area contributed by atoms with Gasteiger partial charge >= 0.3 is 11.8 Å². The van der Waals surface area contributed by atoms with Crippen LogP contribution in [0.15, 0.2) is 40.1 Å². The monoisotopic (exact) mass is 351 g/mol. The molecule has 0 radical (unpaired) electrons. The minimum Gasteiger partial charge on any atom is -0.450 e. The molecule has 1 aromatic carbocycles. The number of carbonyl (C=O) groups is 2. The molecule has 0 fully saturated rings. The largest absolute Gasteiger partial charge is 0.450 e. The lowest BCUT2D eigenvalue weighted by atomic mass is 10.2. The lowest BCUT2D eigenvalue weighted by Crippen LogP contribution is -2.39. The predicted octanol–water partition coefficient (Wildman–Crippen LogP) is 1.12. The molecule has 2 N–H and O–H groups in total. The van der Waals surface area contributed by atoms with Crippen molar-refractivity contribution in [1.82, 2.24) is 14.9 Å². The second-order valence-corrected chi connectivity index (χ2v) is 5.17. The highest BCUT2D eigenvalue weighted by atomic mass is 35.5. The third-order valence-electron chi connectivity index (χ3n) is 3.01. The number of carbonyl (C=O) groups excluding carboxylic acids is 2. The van der Waals surface area contributed by atoms with Gasteiger partial charge in [-0.25, -0.2) is 9.59 Å². The number of ether oxygens (including phenoxy) is 1. The van der Waals surface area contributed by atoms with Gasteiger partial charge in [-0.2, -0.15) is 0 Å². The lowest BCUT2D eigenvalue weighted by Gasteiger charge is -2.08. The molecule has 0 atom stereocenters. The fourth-order valence-corrected chi connectivity index (χ4v) is 2.03. The zero-order valence-electron chi connectivity index (χ0n) is 12.7. The van der Waals surface area contributed by atoms with Crippen LogP contribution in [-0.4, -0.2) is 28.2 Å². The summed E-state index contributed by atoms with van der Waals surface area (Å²) in [5.74, 6) is -0.959. The fourth-order valence-electron chi connectivity index (χ4n) is 1.90. The first kappa shape index (κ1) is 17.5. The quantitative estimate of drug-likeness (QED) is 0.857. The molecule has 9 heteroatoms. The smallest absolute Gasteiger partial charge is 0.414 e. The van der Waals surface area contributed by atoms with Crippen molar-refractivity contribution in [2.75, 3.05) is 6.61 Å². The van der Waals surface area contributed by atoms with Gasteiger partial charge in [-0.05, 0) is 24.6 Å². The van der Waals surface area contributed by atoms with E-state index in [1.165, 1.54) is 0 Å². The number of alkyl carbamates (subject to hydrolysis) is 1. The SMILES string of the molecule is CCOC(=O)NC(=O)c1cn(Cc2ccc(Cl)cc2)c(=O)[nH]c1=O. The van der Waals surface area contributed by atoms with Gasteiger partial charge in [0, 0.05) is 11.2 Å². The van der Waals surface area contributed by atoms with Crippen molar-refractivity contribution in [2.24, 2.45) is 0 Å². The van der Waals surface area contributed by atoms with E-state index in [-0.39, 0.29) is 18.7 Å². The number of amides is 2. The zero-order valence-corrected chi connectivity index (χ0v) is 13.4. The molecule has 2 aromatic rings. The Morgan fingerprint density at radius 3 is 2.54 bits per heavy atom. The Hall–Kier alpha value is -2.87. The molecule has 2 amide bonds. The number of aromatic amines is 1. The number of H-pyrrole nitrogens is 1. The number of halogens is 1. The molecule has 1 heterocycles. The molecule has 0 saturated heterocycles. The molecule has 2 rings (SSSR count). The van der Waals surface area contributed by atoms with Crippen molar-refractivity contribution in [3.05, 3.63) is 67.4 Å². The number of nitrogens with one attached hydrogen (secondary N) is 2. The summed E-state index contributed by atoms with van der Waals surface area (Å²) in [6.45, 7) is 1.77. The maximum absolute atomic E-state index is 11.9. The van der Waals surface area contributed by atoms with Gasteiger partial charge in [0.25, 0.3) is 11.5 Å².